The molecule has 0 aromatic heterocycles. The Balaban J connectivity index is 2.08. The lowest BCUT2D eigenvalue weighted by molar-refractivity contribution is -0.128. The van der Waals surface area contributed by atoms with E-state index < -0.39 is 0 Å². The summed E-state index contributed by atoms with van der Waals surface area (Å²) < 4.78 is 0. The molecule has 28 heavy (non-hydrogen) atoms. The van der Waals surface area contributed by atoms with Gasteiger partial charge in [0, 0.05) is 46.6 Å². The van der Waals surface area contributed by atoms with E-state index in [1.807, 2.05) is 37.1 Å². The van der Waals surface area contributed by atoms with Crippen molar-refractivity contribution >= 4 is 17.8 Å². The van der Waals surface area contributed by atoms with Crippen LogP contribution in [-0.2, 0) is 9.59 Å². The summed E-state index contributed by atoms with van der Waals surface area (Å²) in [5.41, 5.74) is 2.09. The fourth-order valence-corrected chi connectivity index (χ4v) is 3.21. The van der Waals surface area contributed by atoms with Gasteiger partial charge in [-0.3, -0.25) is 9.59 Å². The van der Waals surface area contributed by atoms with E-state index in [0.29, 0.717) is 25.5 Å². The first-order chi connectivity index (χ1) is 13.3. The first-order valence-corrected chi connectivity index (χ1v) is 9.47. The van der Waals surface area contributed by atoms with Crippen molar-refractivity contribution in [1.29, 1.82) is 0 Å². The zero-order chi connectivity index (χ0) is 20.7. The summed E-state index contributed by atoms with van der Waals surface area (Å²) in [6.45, 7) is 7.01. The standard InChI is InChI=1S/C21H31N5O2/c1-15(2)12-22-21(24-14-19(28)25(3)4)23-13-17-11-18(27)26(5)20(17)16-9-7-6-8-10-16/h6-10,17,20H,1,11-14H2,2-5H3,(H2,22,23,24). The van der Waals surface area contributed by atoms with Gasteiger partial charge >= 0.3 is 0 Å². The molecule has 2 unspecified atom stereocenters. The van der Waals surface area contributed by atoms with E-state index in [1.165, 1.54) is 4.90 Å². The van der Waals surface area contributed by atoms with Gasteiger partial charge in [-0.2, -0.15) is 0 Å². The number of rotatable bonds is 7. The van der Waals surface area contributed by atoms with Crippen LogP contribution in [0.5, 0.6) is 0 Å². The summed E-state index contributed by atoms with van der Waals surface area (Å²) in [7, 11) is 5.26. The van der Waals surface area contributed by atoms with E-state index in [0.717, 1.165) is 11.1 Å². The summed E-state index contributed by atoms with van der Waals surface area (Å²) in [4.78, 5) is 31.9. The molecule has 152 valence electrons. The highest BCUT2D eigenvalue weighted by atomic mass is 16.2. The van der Waals surface area contributed by atoms with Crippen molar-refractivity contribution in [3.8, 4) is 0 Å². The van der Waals surface area contributed by atoms with E-state index >= 15 is 0 Å². The smallest absolute Gasteiger partial charge is 0.243 e. The lowest BCUT2D eigenvalue weighted by Gasteiger charge is -2.26. The first kappa shape index (κ1) is 21.5. The Hall–Kier alpha value is -2.83. The van der Waals surface area contributed by atoms with Crippen LogP contribution >= 0.6 is 0 Å². The molecule has 1 saturated heterocycles. The molecule has 0 bridgehead atoms. The zero-order valence-electron chi connectivity index (χ0n) is 17.2. The van der Waals surface area contributed by atoms with Gasteiger partial charge in [-0.25, -0.2) is 4.99 Å². The van der Waals surface area contributed by atoms with Gasteiger partial charge in [-0.05, 0) is 12.5 Å². The number of aliphatic imine (C=N–C) groups is 1. The van der Waals surface area contributed by atoms with Gasteiger partial charge in [-0.15, -0.1) is 0 Å². The molecule has 0 saturated carbocycles. The average Bonchev–Trinajstić information content (AvgIpc) is 2.95. The maximum absolute atomic E-state index is 12.3. The number of hydrogen-bond donors (Lipinski definition) is 2. The third kappa shape index (κ3) is 5.84. The molecule has 1 aliphatic heterocycles. The van der Waals surface area contributed by atoms with Crippen LogP contribution in [0, 0.1) is 5.92 Å². The summed E-state index contributed by atoms with van der Waals surface area (Å²) in [5, 5.41) is 6.48. The molecule has 2 atom stereocenters. The van der Waals surface area contributed by atoms with Crippen molar-refractivity contribution in [3.63, 3.8) is 0 Å². The van der Waals surface area contributed by atoms with E-state index in [4.69, 9.17) is 0 Å². The number of benzene rings is 1. The number of carbonyl (C=O) groups excluding carboxylic acids is 2. The van der Waals surface area contributed by atoms with Gasteiger partial charge in [0.1, 0.15) is 6.54 Å². The van der Waals surface area contributed by atoms with Crippen LogP contribution < -0.4 is 10.6 Å². The minimum absolute atomic E-state index is 0.0204. The molecule has 2 rings (SSSR count). The van der Waals surface area contributed by atoms with Gasteiger partial charge < -0.3 is 20.4 Å². The molecule has 1 heterocycles. The van der Waals surface area contributed by atoms with Gasteiger partial charge in [-0.1, -0.05) is 42.5 Å². The number of carbonyl (C=O) groups is 2. The molecule has 1 aromatic carbocycles. The van der Waals surface area contributed by atoms with Crippen molar-refractivity contribution in [3.05, 3.63) is 48.0 Å². The summed E-state index contributed by atoms with van der Waals surface area (Å²) in [6, 6.07) is 10.1. The topological polar surface area (TPSA) is 77.0 Å². The molecule has 0 spiro atoms. The SMILES string of the molecule is C=C(C)CNC(=NCC(=O)N(C)C)NCC1CC(=O)N(C)C1c1ccccc1. The Bertz CT molecular complexity index is 730. The predicted octanol–water partition coefficient (Wildman–Crippen LogP) is 1.41. The maximum atomic E-state index is 12.3. The number of nitrogens with zero attached hydrogens (tertiary/aromatic N) is 3. The highest BCUT2D eigenvalue weighted by molar-refractivity contribution is 5.85. The molecule has 0 aliphatic carbocycles. The molecule has 7 nitrogen and oxygen atoms in total. The summed E-state index contributed by atoms with van der Waals surface area (Å²) in [6.07, 6.45) is 0.480. The fourth-order valence-electron chi connectivity index (χ4n) is 3.21. The lowest BCUT2D eigenvalue weighted by Crippen LogP contribution is -2.42. The minimum atomic E-state index is -0.0747. The minimum Gasteiger partial charge on any atom is -0.356 e. The molecule has 2 N–H and O–H groups in total. The Labute approximate surface area is 167 Å². The monoisotopic (exact) mass is 385 g/mol. The van der Waals surface area contributed by atoms with Gasteiger partial charge in [0.25, 0.3) is 0 Å². The van der Waals surface area contributed by atoms with Crippen molar-refractivity contribution in [1.82, 2.24) is 20.4 Å². The maximum Gasteiger partial charge on any atom is 0.243 e. The largest absolute Gasteiger partial charge is 0.356 e. The number of hydrogen-bond acceptors (Lipinski definition) is 3. The van der Waals surface area contributed by atoms with Crippen LogP contribution in [0.3, 0.4) is 0 Å². The number of nitrogens with one attached hydrogen (secondary N) is 2. The third-order valence-corrected chi connectivity index (χ3v) is 4.80. The van der Waals surface area contributed by atoms with Crippen molar-refractivity contribution in [2.45, 2.75) is 19.4 Å². The lowest BCUT2D eigenvalue weighted by atomic mass is 9.94. The summed E-state index contributed by atoms with van der Waals surface area (Å²) in [5.74, 6) is 0.722. The number of guanidine groups is 1. The molecule has 7 heteroatoms. The molecule has 1 aromatic rings. The second-order valence-electron chi connectivity index (χ2n) is 7.47. The van der Waals surface area contributed by atoms with E-state index in [9.17, 15) is 9.59 Å². The first-order valence-electron chi connectivity index (χ1n) is 9.47. The quantitative estimate of drug-likeness (QED) is 0.423. The van der Waals surface area contributed by atoms with Crippen molar-refractivity contribution < 1.29 is 9.59 Å². The van der Waals surface area contributed by atoms with Gasteiger partial charge in [0.2, 0.25) is 11.8 Å². The van der Waals surface area contributed by atoms with Gasteiger partial charge in [0.05, 0.1) is 6.04 Å². The molecule has 1 fully saturated rings. The van der Waals surface area contributed by atoms with Gasteiger partial charge in [0.15, 0.2) is 5.96 Å². The van der Waals surface area contributed by atoms with Crippen LogP contribution in [0.2, 0.25) is 0 Å². The molecular weight excluding hydrogens is 354 g/mol. The molecule has 2 amide bonds. The van der Waals surface area contributed by atoms with E-state index in [1.54, 1.807) is 14.1 Å². The van der Waals surface area contributed by atoms with Crippen LogP contribution in [0.4, 0.5) is 0 Å². The van der Waals surface area contributed by atoms with E-state index in [2.05, 4.69) is 34.3 Å². The molecular formula is C21H31N5O2. The van der Waals surface area contributed by atoms with Crippen LogP contribution in [0.25, 0.3) is 0 Å². The second-order valence-corrected chi connectivity index (χ2v) is 7.47. The number of likely N-dealkylation sites (tertiary alicyclic amines) is 1. The number of amides is 2. The van der Waals surface area contributed by atoms with Crippen LogP contribution in [0.1, 0.15) is 24.9 Å². The van der Waals surface area contributed by atoms with Crippen LogP contribution in [-0.4, -0.2) is 68.4 Å². The predicted molar refractivity (Wildman–Crippen MR) is 112 cm³/mol. The Morgan fingerprint density at radius 3 is 2.57 bits per heavy atom. The average molecular weight is 386 g/mol. The highest BCUT2D eigenvalue weighted by Gasteiger charge is 2.38. The highest BCUT2D eigenvalue weighted by Crippen LogP contribution is 2.36. The second kappa shape index (κ2) is 9.92. The fraction of sp³-hybridized carbons (Fsp3) is 0.476. The van der Waals surface area contributed by atoms with E-state index in [-0.39, 0.29) is 30.3 Å². The molecule has 0 radical (unpaired) electrons. The zero-order valence-corrected chi connectivity index (χ0v) is 17.2. The summed E-state index contributed by atoms with van der Waals surface area (Å²) >= 11 is 0. The van der Waals surface area contributed by atoms with Crippen molar-refractivity contribution in [2.75, 3.05) is 40.8 Å². The Morgan fingerprint density at radius 1 is 1.29 bits per heavy atom. The van der Waals surface area contributed by atoms with Crippen LogP contribution in [0.15, 0.2) is 47.5 Å². The normalized spacial score (nSPS) is 19.5. The third-order valence-electron chi connectivity index (χ3n) is 4.80. The van der Waals surface area contributed by atoms with Crippen molar-refractivity contribution in [2.24, 2.45) is 10.9 Å². The number of likely N-dealkylation sites (N-methyl/N-ethyl adjacent to an activating group) is 1. The molecule has 1 aliphatic rings. The Kier molecular flexibility index (Phi) is 7.61. The Morgan fingerprint density at radius 2 is 1.96 bits per heavy atom.